The summed E-state index contributed by atoms with van der Waals surface area (Å²) in [6, 6.07) is 18.0. The van der Waals surface area contributed by atoms with Gasteiger partial charge in [-0.1, -0.05) is 35.5 Å². The van der Waals surface area contributed by atoms with Crippen molar-refractivity contribution in [2.24, 2.45) is 10.1 Å². The maximum Gasteiger partial charge on any atom is 0.279 e. The van der Waals surface area contributed by atoms with Crippen LogP contribution in [0.4, 0.5) is 5.69 Å². The van der Waals surface area contributed by atoms with Gasteiger partial charge < -0.3 is 4.57 Å². The topological polar surface area (TPSA) is 141 Å². The second kappa shape index (κ2) is 9.47. The van der Waals surface area contributed by atoms with E-state index in [-0.39, 0.29) is 32.4 Å². The standard InChI is InChI=1S/C23H18N4O5S3/c1-2-14-27-20-13-12-19(34(24,29)30)15-21(20)33-23(27)25-22(28)16-8-10-17(11-9-16)26-35(31,32)18-6-4-3-5-7-18/h1,3-13,15,26H,14H2,(H2,24,29,30). The maximum absolute atomic E-state index is 12.8. The summed E-state index contributed by atoms with van der Waals surface area (Å²) in [6.07, 6.45) is 5.47. The highest BCUT2D eigenvalue weighted by Gasteiger charge is 2.15. The van der Waals surface area contributed by atoms with Gasteiger partial charge in [-0.15, -0.1) is 6.42 Å². The number of sulfonamides is 2. The minimum absolute atomic E-state index is 0.0643. The molecule has 35 heavy (non-hydrogen) atoms. The molecule has 0 spiro atoms. The molecule has 9 nitrogen and oxygen atoms in total. The highest BCUT2D eigenvalue weighted by molar-refractivity contribution is 7.92. The Bertz CT molecular complexity index is 1750. The number of primary sulfonamides is 1. The van der Waals surface area contributed by atoms with E-state index >= 15 is 0 Å². The lowest BCUT2D eigenvalue weighted by atomic mass is 10.2. The Morgan fingerprint density at radius 3 is 2.31 bits per heavy atom. The Kier molecular flexibility index (Phi) is 6.60. The van der Waals surface area contributed by atoms with Crippen LogP contribution in [0, 0.1) is 12.3 Å². The summed E-state index contributed by atoms with van der Waals surface area (Å²) >= 11 is 1.09. The van der Waals surface area contributed by atoms with Gasteiger partial charge in [0.1, 0.15) is 0 Å². The third-order valence-electron chi connectivity index (χ3n) is 4.87. The van der Waals surface area contributed by atoms with E-state index in [0.29, 0.717) is 10.2 Å². The van der Waals surface area contributed by atoms with Crippen molar-refractivity contribution < 1.29 is 21.6 Å². The van der Waals surface area contributed by atoms with Crippen molar-refractivity contribution in [2.45, 2.75) is 16.3 Å². The van der Waals surface area contributed by atoms with Crippen molar-refractivity contribution in [1.29, 1.82) is 0 Å². The monoisotopic (exact) mass is 526 g/mol. The van der Waals surface area contributed by atoms with Crippen molar-refractivity contribution in [2.75, 3.05) is 4.72 Å². The molecule has 0 aliphatic heterocycles. The highest BCUT2D eigenvalue weighted by Crippen LogP contribution is 2.22. The van der Waals surface area contributed by atoms with E-state index in [4.69, 9.17) is 11.6 Å². The second-order valence-corrected chi connectivity index (χ2v) is 11.5. The molecule has 1 amide bonds. The summed E-state index contributed by atoms with van der Waals surface area (Å²) in [6.45, 7) is 0.112. The predicted octanol–water partition coefficient (Wildman–Crippen LogP) is 2.53. The number of nitrogens with one attached hydrogen (secondary N) is 1. The number of hydrogen-bond acceptors (Lipinski definition) is 6. The van der Waals surface area contributed by atoms with Crippen molar-refractivity contribution in [3.8, 4) is 12.3 Å². The van der Waals surface area contributed by atoms with Gasteiger partial charge in [-0.2, -0.15) is 4.99 Å². The van der Waals surface area contributed by atoms with E-state index in [1.54, 1.807) is 28.8 Å². The zero-order valence-electron chi connectivity index (χ0n) is 18.0. The van der Waals surface area contributed by atoms with E-state index in [1.807, 2.05) is 0 Å². The Balaban J connectivity index is 1.65. The molecule has 178 valence electrons. The Morgan fingerprint density at radius 2 is 1.69 bits per heavy atom. The summed E-state index contributed by atoms with van der Waals surface area (Å²) in [5.74, 6) is 1.92. The molecule has 0 radical (unpaired) electrons. The third kappa shape index (κ3) is 5.33. The number of terminal acetylenes is 1. The highest BCUT2D eigenvalue weighted by atomic mass is 32.2. The number of thiazole rings is 1. The van der Waals surface area contributed by atoms with Gasteiger partial charge in [0.15, 0.2) is 4.80 Å². The minimum atomic E-state index is -3.90. The first-order valence-electron chi connectivity index (χ1n) is 9.95. The molecule has 1 heterocycles. The van der Waals surface area contributed by atoms with E-state index in [0.717, 1.165) is 11.3 Å². The zero-order valence-corrected chi connectivity index (χ0v) is 20.4. The van der Waals surface area contributed by atoms with Gasteiger partial charge >= 0.3 is 0 Å². The molecule has 0 fully saturated rings. The predicted molar refractivity (Wildman–Crippen MR) is 134 cm³/mol. The molecule has 0 aliphatic carbocycles. The fourth-order valence-electron chi connectivity index (χ4n) is 3.21. The summed E-state index contributed by atoms with van der Waals surface area (Å²) in [5.41, 5.74) is 1.12. The van der Waals surface area contributed by atoms with Crippen LogP contribution in [0.25, 0.3) is 10.2 Å². The summed E-state index contributed by atoms with van der Waals surface area (Å²) in [5, 5.41) is 5.21. The lowest BCUT2D eigenvalue weighted by Gasteiger charge is -2.08. The van der Waals surface area contributed by atoms with Crippen LogP contribution in [-0.2, 0) is 26.6 Å². The van der Waals surface area contributed by atoms with Crippen LogP contribution in [-0.4, -0.2) is 27.3 Å². The number of carbonyl (C=O) groups is 1. The average Bonchev–Trinajstić information content (AvgIpc) is 3.16. The van der Waals surface area contributed by atoms with E-state index in [2.05, 4.69) is 15.6 Å². The Morgan fingerprint density at radius 1 is 1.00 bits per heavy atom. The first kappa shape index (κ1) is 24.4. The number of nitrogens with two attached hydrogens (primary N) is 1. The fourth-order valence-corrected chi connectivity index (χ4v) is 5.97. The molecule has 0 unspecified atom stereocenters. The van der Waals surface area contributed by atoms with Gasteiger partial charge in [-0.25, -0.2) is 22.0 Å². The van der Waals surface area contributed by atoms with Gasteiger partial charge in [0, 0.05) is 11.3 Å². The third-order valence-corrected chi connectivity index (χ3v) is 8.22. The van der Waals surface area contributed by atoms with Crippen molar-refractivity contribution in [3.05, 3.63) is 83.2 Å². The number of rotatable bonds is 6. The molecule has 4 rings (SSSR count). The summed E-state index contributed by atoms with van der Waals surface area (Å²) < 4.78 is 52.9. The molecule has 0 aliphatic rings. The van der Waals surface area contributed by atoms with Crippen LogP contribution >= 0.6 is 11.3 Å². The maximum atomic E-state index is 12.8. The van der Waals surface area contributed by atoms with Crippen molar-refractivity contribution in [3.63, 3.8) is 0 Å². The van der Waals surface area contributed by atoms with E-state index < -0.39 is 26.0 Å². The summed E-state index contributed by atoms with van der Waals surface area (Å²) in [4.78, 5) is 17.3. The first-order valence-corrected chi connectivity index (χ1v) is 13.8. The fraction of sp³-hybridized carbons (Fsp3) is 0.0435. The number of amides is 1. The quantitative estimate of drug-likeness (QED) is 0.372. The Hall–Kier alpha value is -3.76. The van der Waals surface area contributed by atoms with E-state index in [1.165, 1.54) is 48.5 Å². The van der Waals surface area contributed by atoms with Gasteiger partial charge in [0.05, 0.1) is 26.6 Å². The normalized spacial score (nSPS) is 12.4. The SMILES string of the molecule is C#CCn1c(=NC(=O)c2ccc(NS(=O)(=O)c3ccccc3)cc2)sc2cc(S(N)(=O)=O)ccc21. The lowest BCUT2D eigenvalue weighted by molar-refractivity contribution is 0.0998. The molecule has 1 aromatic heterocycles. The molecule has 0 atom stereocenters. The summed E-state index contributed by atoms with van der Waals surface area (Å²) in [7, 11) is -7.67. The second-order valence-electron chi connectivity index (χ2n) is 7.26. The van der Waals surface area contributed by atoms with Crippen molar-refractivity contribution >= 4 is 53.2 Å². The molecule has 3 N–H and O–H groups in total. The number of nitrogens with zero attached hydrogens (tertiary/aromatic N) is 2. The minimum Gasteiger partial charge on any atom is -0.305 e. The number of aromatic nitrogens is 1. The molecule has 0 saturated heterocycles. The van der Waals surface area contributed by atoms with Gasteiger partial charge in [-0.05, 0) is 54.6 Å². The molecule has 12 heteroatoms. The van der Waals surface area contributed by atoms with Crippen LogP contribution in [0.1, 0.15) is 10.4 Å². The largest absolute Gasteiger partial charge is 0.305 e. The van der Waals surface area contributed by atoms with Crippen LogP contribution in [0.5, 0.6) is 0 Å². The zero-order chi connectivity index (χ0) is 25.2. The smallest absolute Gasteiger partial charge is 0.279 e. The van der Waals surface area contributed by atoms with Gasteiger partial charge in [0.2, 0.25) is 10.0 Å². The van der Waals surface area contributed by atoms with E-state index in [9.17, 15) is 21.6 Å². The molecular weight excluding hydrogens is 508 g/mol. The molecule has 0 saturated carbocycles. The first-order chi connectivity index (χ1) is 16.6. The molecule has 0 bridgehead atoms. The van der Waals surface area contributed by atoms with Gasteiger partial charge in [0.25, 0.3) is 15.9 Å². The number of fused-ring (bicyclic) bond motifs is 1. The Labute approximate surface area is 205 Å². The van der Waals surface area contributed by atoms with Crippen molar-refractivity contribution in [1.82, 2.24) is 4.57 Å². The lowest BCUT2D eigenvalue weighted by Crippen LogP contribution is -2.16. The average molecular weight is 527 g/mol. The number of hydrogen-bond donors (Lipinski definition) is 2. The number of benzene rings is 3. The van der Waals surface area contributed by atoms with Gasteiger partial charge in [-0.3, -0.25) is 9.52 Å². The van der Waals surface area contributed by atoms with Crippen LogP contribution in [0.2, 0.25) is 0 Å². The van der Waals surface area contributed by atoms with Crippen LogP contribution < -0.4 is 14.7 Å². The van der Waals surface area contributed by atoms with Crippen LogP contribution in [0.3, 0.4) is 0 Å². The molecule has 4 aromatic rings. The molecular formula is C23H18N4O5S3. The number of anilines is 1. The molecule has 3 aromatic carbocycles. The number of carbonyl (C=O) groups excluding carboxylic acids is 1. The van der Waals surface area contributed by atoms with Crippen LogP contribution in [0.15, 0.2) is 87.6 Å².